The summed E-state index contributed by atoms with van der Waals surface area (Å²) >= 11 is 5.71. The lowest BCUT2D eigenvalue weighted by atomic mass is 10.0. The number of nitrogen functional groups attached to an aromatic ring is 1. The van der Waals surface area contributed by atoms with Gasteiger partial charge in [0.25, 0.3) is 0 Å². The Morgan fingerprint density at radius 3 is 2.56 bits per heavy atom. The molecule has 1 atom stereocenters. The second kappa shape index (κ2) is 4.47. The third-order valence-corrected chi connectivity index (χ3v) is 2.42. The van der Waals surface area contributed by atoms with Gasteiger partial charge < -0.3 is 10.8 Å². The molecule has 1 aromatic heterocycles. The highest BCUT2D eigenvalue weighted by atomic mass is 35.5. The maximum absolute atomic E-state index is 10.1. The molecule has 0 bridgehead atoms. The lowest BCUT2D eigenvalue weighted by Gasteiger charge is -2.12. The molecule has 0 radical (unpaired) electrons. The summed E-state index contributed by atoms with van der Waals surface area (Å²) in [5, 5.41) is 17.6. The number of hydrogen-bond donors (Lipinski definition) is 2. The van der Waals surface area contributed by atoms with Crippen molar-refractivity contribution in [2.45, 2.75) is 6.10 Å². The van der Waals surface area contributed by atoms with Gasteiger partial charge in [0, 0.05) is 5.56 Å². The number of anilines is 1. The van der Waals surface area contributed by atoms with Crippen LogP contribution in [0.1, 0.15) is 17.2 Å². The van der Waals surface area contributed by atoms with E-state index in [1.807, 2.05) is 18.2 Å². The van der Waals surface area contributed by atoms with Gasteiger partial charge in [0.2, 0.25) is 0 Å². The molecular weight excluding hydrogens is 226 g/mol. The molecule has 82 valence electrons. The molecule has 2 aromatic rings. The topological polar surface area (TPSA) is 72.0 Å². The van der Waals surface area contributed by atoms with Crippen molar-refractivity contribution in [1.82, 2.24) is 10.2 Å². The van der Waals surface area contributed by atoms with Gasteiger partial charge in [-0.25, -0.2) is 0 Å². The van der Waals surface area contributed by atoms with Crippen LogP contribution in [0.5, 0.6) is 0 Å². The average Bonchev–Trinajstić information content (AvgIpc) is 2.32. The highest BCUT2D eigenvalue weighted by molar-refractivity contribution is 6.29. The molecule has 0 saturated carbocycles. The quantitative estimate of drug-likeness (QED) is 0.833. The van der Waals surface area contributed by atoms with Crippen LogP contribution in [-0.4, -0.2) is 15.3 Å². The van der Waals surface area contributed by atoms with Crippen molar-refractivity contribution in [2.75, 3.05) is 5.73 Å². The monoisotopic (exact) mass is 235 g/mol. The molecule has 1 aromatic carbocycles. The number of nitrogens with two attached hydrogens (primary N) is 1. The Hall–Kier alpha value is -1.65. The summed E-state index contributed by atoms with van der Waals surface area (Å²) in [5.74, 6) is 0.181. The first kappa shape index (κ1) is 10.9. The van der Waals surface area contributed by atoms with E-state index >= 15 is 0 Å². The van der Waals surface area contributed by atoms with Crippen molar-refractivity contribution in [3.8, 4) is 0 Å². The molecule has 16 heavy (non-hydrogen) atoms. The number of hydrogen-bond acceptors (Lipinski definition) is 4. The Balaban J connectivity index is 2.41. The van der Waals surface area contributed by atoms with Crippen LogP contribution in [0.2, 0.25) is 5.15 Å². The van der Waals surface area contributed by atoms with Gasteiger partial charge in [-0.15, -0.1) is 10.2 Å². The second-order valence-corrected chi connectivity index (χ2v) is 3.71. The Morgan fingerprint density at radius 1 is 1.19 bits per heavy atom. The van der Waals surface area contributed by atoms with Crippen molar-refractivity contribution < 1.29 is 5.11 Å². The number of aliphatic hydroxyl groups is 1. The maximum atomic E-state index is 10.1. The highest BCUT2D eigenvalue weighted by Crippen LogP contribution is 2.26. The Labute approximate surface area is 97.7 Å². The Kier molecular flexibility index (Phi) is 3.03. The zero-order chi connectivity index (χ0) is 11.5. The fourth-order valence-corrected chi connectivity index (χ4v) is 1.58. The van der Waals surface area contributed by atoms with Gasteiger partial charge in [0.15, 0.2) is 11.0 Å². The van der Waals surface area contributed by atoms with Crippen LogP contribution in [0.4, 0.5) is 5.82 Å². The molecule has 0 fully saturated rings. The van der Waals surface area contributed by atoms with Crippen molar-refractivity contribution >= 4 is 17.4 Å². The van der Waals surface area contributed by atoms with E-state index in [4.69, 9.17) is 17.3 Å². The minimum absolute atomic E-state index is 0.181. The van der Waals surface area contributed by atoms with E-state index in [9.17, 15) is 5.11 Å². The van der Waals surface area contributed by atoms with Gasteiger partial charge in [-0.2, -0.15) is 0 Å². The molecule has 4 nitrogen and oxygen atoms in total. The van der Waals surface area contributed by atoms with Crippen LogP contribution in [0.25, 0.3) is 0 Å². The van der Waals surface area contributed by atoms with Gasteiger partial charge in [0.05, 0.1) is 0 Å². The molecule has 5 heteroatoms. The second-order valence-electron chi connectivity index (χ2n) is 3.32. The fourth-order valence-electron chi connectivity index (χ4n) is 1.42. The summed E-state index contributed by atoms with van der Waals surface area (Å²) in [7, 11) is 0. The Bertz CT molecular complexity index is 490. The van der Waals surface area contributed by atoms with Crippen molar-refractivity contribution in [3.63, 3.8) is 0 Å². The van der Waals surface area contributed by atoms with E-state index < -0.39 is 6.10 Å². The number of aliphatic hydroxyl groups excluding tert-OH is 1. The minimum Gasteiger partial charge on any atom is -0.384 e. The van der Waals surface area contributed by atoms with Crippen LogP contribution in [-0.2, 0) is 0 Å². The lowest BCUT2D eigenvalue weighted by Crippen LogP contribution is -2.06. The molecule has 0 saturated heterocycles. The van der Waals surface area contributed by atoms with Crippen molar-refractivity contribution in [1.29, 1.82) is 0 Å². The largest absolute Gasteiger partial charge is 0.384 e. The molecule has 0 aliphatic heterocycles. The van der Waals surface area contributed by atoms with E-state index in [-0.39, 0.29) is 11.0 Å². The highest BCUT2D eigenvalue weighted by Gasteiger charge is 2.15. The summed E-state index contributed by atoms with van der Waals surface area (Å²) in [4.78, 5) is 0. The summed E-state index contributed by atoms with van der Waals surface area (Å²) in [6, 6.07) is 10.7. The molecule has 2 rings (SSSR count). The molecule has 0 amide bonds. The van der Waals surface area contributed by atoms with Crippen LogP contribution < -0.4 is 5.73 Å². The maximum Gasteiger partial charge on any atom is 0.152 e. The first-order valence-corrected chi connectivity index (χ1v) is 5.08. The van der Waals surface area contributed by atoms with Crippen LogP contribution in [0.3, 0.4) is 0 Å². The standard InChI is InChI=1S/C11H10ClN3O/c12-9-6-8(11(13)15-14-9)10(16)7-4-2-1-3-5-7/h1-6,10,16H,(H2,13,15). The van der Waals surface area contributed by atoms with E-state index in [1.165, 1.54) is 6.07 Å². The molecule has 1 heterocycles. The predicted octanol–water partition coefficient (Wildman–Crippen LogP) is 1.79. The SMILES string of the molecule is Nc1nnc(Cl)cc1C(O)c1ccccc1. The van der Waals surface area contributed by atoms with E-state index in [0.717, 1.165) is 5.56 Å². The van der Waals surface area contributed by atoms with Crippen LogP contribution >= 0.6 is 11.6 Å². The van der Waals surface area contributed by atoms with Crippen molar-refractivity contribution in [3.05, 3.63) is 52.7 Å². The molecule has 0 aliphatic rings. The third-order valence-electron chi connectivity index (χ3n) is 2.23. The van der Waals surface area contributed by atoms with Gasteiger partial charge in [-0.1, -0.05) is 41.9 Å². The van der Waals surface area contributed by atoms with E-state index in [1.54, 1.807) is 12.1 Å². The van der Waals surface area contributed by atoms with Gasteiger partial charge >= 0.3 is 0 Å². The van der Waals surface area contributed by atoms with E-state index in [0.29, 0.717) is 5.56 Å². The number of nitrogens with zero attached hydrogens (tertiary/aromatic N) is 2. The Morgan fingerprint density at radius 2 is 1.88 bits per heavy atom. The lowest BCUT2D eigenvalue weighted by molar-refractivity contribution is 0.220. The third kappa shape index (κ3) is 2.13. The first-order chi connectivity index (χ1) is 7.68. The molecule has 0 spiro atoms. The average molecular weight is 236 g/mol. The van der Waals surface area contributed by atoms with Gasteiger partial charge in [-0.05, 0) is 11.6 Å². The van der Waals surface area contributed by atoms with Crippen LogP contribution in [0.15, 0.2) is 36.4 Å². The molecule has 3 N–H and O–H groups in total. The minimum atomic E-state index is -0.839. The number of halogens is 1. The summed E-state index contributed by atoms with van der Waals surface area (Å²) < 4.78 is 0. The molecular formula is C11H10ClN3O. The van der Waals surface area contributed by atoms with Gasteiger partial charge in [0.1, 0.15) is 6.10 Å². The van der Waals surface area contributed by atoms with Gasteiger partial charge in [-0.3, -0.25) is 0 Å². The predicted molar refractivity (Wildman–Crippen MR) is 62.0 cm³/mol. The zero-order valence-corrected chi connectivity index (χ0v) is 9.09. The first-order valence-electron chi connectivity index (χ1n) is 4.70. The summed E-state index contributed by atoms with van der Waals surface area (Å²) in [5.41, 5.74) is 6.83. The number of aromatic nitrogens is 2. The van der Waals surface area contributed by atoms with E-state index in [2.05, 4.69) is 10.2 Å². The number of rotatable bonds is 2. The summed E-state index contributed by atoms with van der Waals surface area (Å²) in [6.07, 6.45) is -0.839. The smallest absolute Gasteiger partial charge is 0.152 e. The normalized spacial score (nSPS) is 12.4. The fraction of sp³-hybridized carbons (Fsp3) is 0.0909. The van der Waals surface area contributed by atoms with Crippen molar-refractivity contribution in [2.24, 2.45) is 0 Å². The zero-order valence-electron chi connectivity index (χ0n) is 8.34. The molecule has 1 unspecified atom stereocenters. The van der Waals surface area contributed by atoms with Crippen LogP contribution in [0, 0.1) is 0 Å². The molecule has 0 aliphatic carbocycles. The summed E-state index contributed by atoms with van der Waals surface area (Å²) in [6.45, 7) is 0. The number of benzene rings is 1.